The van der Waals surface area contributed by atoms with Crippen LogP contribution in [-0.4, -0.2) is 36.6 Å². The summed E-state index contributed by atoms with van der Waals surface area (Å²) in [4.78, 5) is 19.8. The van der Waals surface area contributed by atoms with Crippen molar-refractivity contribution in [2.75, 3.05) is 24.6 Å². The molecule has 0 spiro atoms. The molecule has 4 rings (SSSR count). The molecule has 5 nitrogen and oxygen atoms in total. The second-order valence-electron chi connectivity index (χ2n) is 6.61. The standard InChI is InChI=1S/C21H23N3O2S/c1-2-26-18-10-9-15-6-3-4-8-17(15)19(18)20(25)23-14-16-7-5-12-24(16)21-22-11-13-27-21/h3-4,6,8-11,13,16H,2,5,7,12,14H2,1H3,(H,23,25). The number of nitrogens with one attached hydrogen (secondary N) is 1. The number of carbonyl (C=O) groups excluding carboxylic acids is 1. The van der Waals surface area contributed by atoms with Crippen LogP contribution >= 0.6 is 11.3 Å². The van der Waals surface area contributed by atoms with Crippen LogP contribution in [0.2, 0.25) is 0 Å². The Balaban J connectivity index is 1.55. The minimum absolute atomic E-state index is 0.0822. The third-order valence-electron chi connectivity index (χ3n) is 4.96. The van der Waals surface area contributed by atoms with E-state index < -0.39 is 0 Å². The predicted molar refractivity (Wildman–Crippen MR) is 110 cm³/mol. The second-order valence-corrected chi connectivity index (χ2v) is 7.48. The molecule has 1 atom stereocenters. The van der Waals surface area contributed by atoms with Crippen molar-refractivity contribution in [1.29, 1.82) is 0 Å². The van der Waals surface area contributed by atoms with Gasteiger partial charge in [-0.05, 0) is 36.6 Å². The Labute approximate surface area is 163 Å². The molecule has 0 bridgehead atoms. The zero-order valence-electron chi connectivity index (χ0n) is 15.4. The van der Waals surface area contributed by atoms with E-state index in [4.69, 9.17) is 4.74 Å². The van der Waals surface area contributed by atoms with Crippen molar-refractivity contribution < 1.29 is 9.53 Å². The monoisotopic (exact) mass is 381 g/mol. The van der Waals surface area contributed by atoms with Crippen molar-refractivity contribution in [1.82, 2.24) is 10.3 Å². The van der Waals surface area contributed by atoms with Gasteiger partial charge in [-0.15, -0.1) is 11.3 Å². The quantitative estimate of drug-likeness (QED) is 0.699. The Morgan fingerprint density at radius 1 is 1.33 bits per heavy atom. The van der Waals surface area contributed by atoms with E-state index in [1.807, 2.05) is 54.9 Å². The van der Waals surface area contributed by atoms with E-state index in [1.165, 1.54) is 0 Å². The van der Waals surface area contributed by atoms with E-state index in [9.17, 15) is 4.79 Å². The van der Waals surface area contributed by atoms with E-state index in [2.05, 4.69) is 15.2 Å². The molecule has 0 aliphatic carbocycles. The Bertz CT molecular complexity index is 926. The van der Waals surface area contributed by atoms with Crippen molar-refractivity contribution in [2.24, 2.45) is 0 Å². The lowest BCUT2D eigenvalue weighted by Crippen LogP contribution is -2.40. The van der Waals surface area contributed by atoms with Crippen LogP contribution in [-0.2, 0) is 0 Å². The SMILES string of the molecule is CCOc1ccc2ccccc2c1C(=O)NCC1CCCN1c1nccs1. The number of rotatable bonds is 6. The molecule has 1 saturated heterocycles. The Hall–Kier alpha value is -2.60. The molecule has 3 aromatic rings. The fraction of sp³-hybridized carbons (Fsp3) is 0.333. The third kappa shape index (κ3) is 3.62. The molecule has 1 aliphatic heterocycles. The highest BCUT2D eigenvalue weighted by molar-refractivity contribution is 7.13. The van der Waals surface area contributed by atoms with Gasteiger partial charge in [0.15, 0.2) is 5.13 Å². The number of hydrogen-bond acceptors (Lipinski definition) is 5. The van der Waals surface area contributed by atoms with Crippen LogP contribution in [0.25, 0.3) is 10.8 Å². The molecule has 1 aliphatic rings. The molecule has 1 fully saturated rings. The first kappa shape index (κ1) is 17.8. The van der Waals surface area contributed by atoms with Crippen molar-refractivity contribution in [3.8, 4) is 5.75 Å². The lowest BCUT2D eigenvalue weighted by Gasteiger charge is -2.24. The van der Waals surface area contributed by atoms with E-state index in [-0.39, 0.29) is 11.9 Å². The molecular weight excluding hydrogens is 358 g/mol. The van der Waals surface area contributed by atoms with Crippen molar-refractivity contribution in [3.63, 3.8) is 0 Å². The highest BCUT2D eigenvalue weighted by Gasteiger charge is 2.27. The lowest BCUT2D eigenvalue weighted by molar-refractivity contribution is 0.0949. The van der Waals surface area contributed by atoms with Gasteiger partial charge in [0, 0.05) is 30.7 Å². The molecule has 0 saturated carbocycles. The summed E-state index contributed by atoms with van der Waals surface area (Å²) in [6.45, 7) is 4.06. The molecule has 1 aromatic heterocycles. The van der Waals surface area contributed by atoms with Crippen LogP contribution in [0.4, 0.5) is 5.13 Å². The van der Waals surface area contributed by atoms with Gasteiger partial charge in [-0.2, -0.15) is 0 Å². The first-order chi connectivity index (χ1) is 13.3. The molecule has 1 unspecified atom stereocenters. The number of hydrogen-bond donors (Lipinski definition) is 1. The predicted octanol–water partition coefficient (Wildman–Crippen LogP) is 4.09. The van der Waals surface area contributed by atoms with Crippen LogP contribution in [0.1, 0.15) is 30.1 Å². The third-order valence-corrected chi connectivity index (χ3v) is 5.77. The van der Waals surface area contributed by atoms with Gasteiger partial charge in [0.25, 0.3) is 5.91 Å². The first-order valence-electron chi connectivity index (χ1n) is 9.37. The number of benzene rings is 2. The normalized spacial score (nSPS) is 16.6. The second kappa shape index (κ2) is 7.96. The fourth-order valence-corrected chi connectivity index (χ4v) is 4.46. The van der Waals surface area contributed by atoms with Crippen molar-refractivity contribution >= 4 is 33.1 Å². The molecular formula is C21H23N3O2S. The molecule has 1 N–H and O–H groups in total. The van der Waals surface area contributed by atoms with Crippen molar-refractivity contribution in [3.05, 3.63) is 53.5 Å². The van der Waals surface area contributed by atoms with Crippen LogP contribution in [0.5, 0.6) is 5.75 Å². The first-order valence-corrected chi connectivity index (χ1v) is 10.2. The zero-order valence-corrected chi connectivity index (χ0v) is 16.2. The number of ether oxygens (including phenoxy) is 1. The van der Waals surface area contributed by atoms with Gasteiger partial charge in [-0.3, -0.25) is 4.79 Å². The minimum atomic E-state index is -0.0822. The molecule has 2 heterocycles. The van der Waals surface area contributed by atoms with E-state index >= 15 is 0 Å². The number of nitrogens with zero attached hydrogens (tertiary/aromatic N) is 2. The van der Waals surface area contributed by atoms with Crippen LogP contribution in [0.3, 0.4) is 0 Å². The van der Waals surface area contributed by atoms with E-state index in [0.717, 1.165) is 35.3 Å². The number of carbonyl (C=O) groups is 1. The van der Waals surface area contributed by atoms with Crippen LogP contribution in [0, 0.1) is 0 Å². The largest absolute Gasteiger partial charge is 0.493 e. The highest BCUT2D eigenvalue weighted by atomic mass is 32.1. The summed E-state index contributed by atoms with van der Waals surface area (Å²) in [6.07, 6.45) is 4.02. The summed E-state index contributed by atoms with van der Waals surface area (Å²) in [5.41, 5.74) is 0.619. The summed E-state index contributed by atoms with van der Waals surface area (Å²) in [7, 11) is 0. The maximum Gasteiger partial charge on any atom is 0.255 e. The Morgan fingerprint density at radius 2 is 2.22 bits per heavy atom. The Kier molecular flexibility index (Phi) is 5.25. The minimum Gasteiger partial charge on any atom is -0.493 e. The molecule has 0 radical (unpaired) electrons. The molecule has 2 aromatic carbocycles. The van der Waals surface area contributed by atoms with Gasteiger partial charge in [0.05, 0.1) is 12.2 Å². The van der Waals surface area contributed by atoms with Gasteiger partial charge >= 0.3 is 0 Å². The molecule has 1 amide bonds. The zero-order chi connectivity index (χ0) is 18.6. The topological polar surface area (TPSA) is 54.5 Å². The van der Waals surface area contributed by atoms with Gasteiger partial charge in [-0.25, -0.2) is 4.98 Å². The Morgan fingerprint density at radius 3 is 3.04 bits per heavy atom. The smallest absolute Gasteiger partial charge is 0.255 e. The van der Waals surface area contributed by atoms with Gasteiger partial charge in [0.2, 0.25) is 0 Å². The molecule has 140 valence electrons. The maximum absolute atomic E-state index is 13.1. The lowest BCUT2D eigenvalue weighted by atomic mass is 10.0. The summed E-state index contributed by atoms with van der Waals surface area (Å²) in [5, 5.41) is 8.13. The van der Waals surface area contributed by atoms with Gasteiger partial charge in [-0.1, -0.05) is 30.3 Å². The molecule has 6 heteroatoms. The maximum atomic E-state index is 13.1. The number of thiazole rings is 1. The van der Waals surface area contributed by atoms with Gasteiger partial charge < -0.3 is 15.0 Å². The summed E-state index contributed by atoms with van der Waals surface area (Å²) >= 11 is 1.65. The summed E-state index contributed by atoms with van der Waals surface area (Å²) in [5.74, 6) is 0.554. The summed E-state index contributed by atoms with van der Waals surface area (Å²) in [6, 6.07) is 12.1. The molecule has 27 heavy (non-hydrogen) atoms. The van der Waals surface area contributed by atoms with E-state index in [0.29, 0.717) is 24.5 Å². The summed E-state index contributed by atoms with van der Waals surface area (Å²) < 4.78 is 5.74. The van der Waals surface area contributed by atoms with E-state index in [1.54, 1.807) is 11.3 Å². The van der Waals surface area contributed by atoms with Crippen LogP contribution < -0.4 is 15.0 Å². The average molecular weight is 382 g/mol. The number of anilines is 1. The fourth-order valence-electron chi connectivity index (χ4n) is 3.72. The number of aromatic nitrogens is 1. The van der Waals surface area contributed by atoms with Crippen molar-refractivity contribution in [2.45, 2.75) is 25.8 Å². The van der Waals surface area contributed by atoms with Crippen LogP contribution in [0.15, 0.2) is 48.0 Å². The average Bonchev–Trinajstić information content (AvgIpc) is 3.37. The van der Waals surface area contributed by atoms with Gasteiger partial charge in [0.1, 0.15) is 5.75 Å². The highest BCUT2D eigenvalue weighted by Crippen LogP contribution is 2.29. The number of amides is 1. The number of fused-ring (bicyclic) bond motifs is 1.